The van der Waals surface area contributed by atoms with Crippen LogP contribution in [0.15, 0.2) is 42.6 Å². The molecule has 6 nitrogen and oxygen atoms in total. The van der Waals surface area contributed by atoms with Crippen LogP contribution in [0, 0.1) is 6.92 Å². The molecule has 1 unspecified atom stereocenters. The van der Waals surface area contributed by atoms with Crippen molar-refractivity contribution in [1.82, 2.24) is 14.8 Å². The second-order valence-corrected chi connectivity index (χ2v) is 8.30. The SMILES string of the molecule is COc1cc(C)c2[nH]ccc2c1CN1CCN(C(F)(F)CF)CC1c1ccc(C(=O)O)cc1. The zero-order chi connectivity index (χ0) is 23.8. The van der Waals surface area contributed by atoms with Gasteiger partial charge in [-0.15, -0.1) is 0 Å². The number of carboxylic acids is 1. The molecule has 2 heterocycles. The number of rotatable bonds is 7. The summed E-state index contributed by atoms with van der Waals surface area (Å²) in [5.41, 5.74) is 3.74. The van der Waals surface area contributed by atoms with Gasteiger partial charge in [0.1, 0.15) is 5.75 Å². The Morgan fingerprint density at radius 1 is 1.24 bits per heavy atom. The second-order valence-electron chi connectivity index (χ2n) is 8.30. The number of H-pyrrole nitrogens is 1. The van der Waals surface area contributed by atoms with Crippen molar-refractivity contribution in [2.75, 3.05) is 33.4 Å². The van der Waals surface area contributed by atoms with E-state index in [4.69, 9.17) is 4.74 Å². The summed E-state index contributed by atoms with van der Waals surface area (Å²) in [6.45, 7) is 0.851. The Bertz CT molecular complexity index is 1150. The first-order chi connectivity index (χ1) is 15.7. The van der Waals surface area contributed by atoms with Crippen LogP contribution in [0.5, 0.6) is 5.75 Å². The van der Waals surface area contributed by atoms with E-state index in [1.54, 1.807) is 19.2 Å². The number of carbonyl (C=O) groups is 1. The molecule has 0 spiro atoms. The minimum absolute atomic E-state index is 0.00505. The van der Waals surface area contributed by atoms with E-state index in [1.807, 2.05) is 25.3 Å². The highest BCUT2D eigenvalue weighted by molar-refractivity contribution is 5.88. The molecule has 1 saturated heterocycles. The van der Waals surface area contributed by atoms with E-state index in [0.717, 1.165) is 26.9 Å². The molecule has 1 aliphatic rings. The topological polar surface area (TPSA) is 68.8 Å². The summed E-state index contributed by atoms with van der Waals surface area (Å²) >= 11 is 0. The molecular formula is C24H26F3N3O3. The number of halogens is 3. The lowest BCUT2D eigenvalue weighted by atomic mass is 9.98. The van der Waals surface area contributed by atoms with E-state index in [1.165, 1.54) is 12.1 Å². The highest BCUT2D eigenvalue weighted by Crippen LogP contribution is 2.36. The monoisotopic (exact) mass is 461 g/mol. The van der Waals surface area contributed by atoms with Crippen molar-refractivity contribution in [1.29, 1.82) is 0 Å². The lowest BCUT2D eigenvalue weighted by Gasteiger charge is -2.44. The van der Waals surface area contributed by atoms with Gasteiger partial charge in [-0.2, -0.15) is 8.78 Å². The first-order valence-electron chi connectivity index (χ1n) is 10.6. The van der Waals surface area contributed by atoms with Crippen LogP contribution >= 0.6 is 0 Å². The average Bonchev–Trinajstić information content (AvgIpc) is 3.31. The second kappa shape index (κ2) is 9.07. The van der Waals surface area contributed by atoms with Gasteiger partial charge in [-0.3, -0.25) is 4.90 Å². The fraction of sp³-hybridized carbons (Fsp3) is 0.375. The summed E-state index contributed by atoms with van der Waals surface area (Å²) in [6.07, 6.45) is 1.85. The number of ether oxygens (including phenoxy) is 1. The Morgan fingerprint density at radius 2 is 1.97 bits per heavy atom. The van der Waals surface area contributed by atoms with Crippen molar-refractivity contribution in [3.63, 3.8) is 0 Å². The highest BCUT2D eigenvalue weighted by atomic mass is 19.3. The largest absolute Gasteiger partial charge is 0.496 e. The summed E-state index contributed by atoms with van der Waals surface area (Å²) in [5, 5.41) is 10.2. The van der Waals surface area contributed by atoms with Crippen molar-refractivity contribution >= 4 is 16.9 Å². The molecule has 1 fully saturated rings. The van der Waals surface area contributed by atoms with E-state index in [-0.39, 0.29) is 25.2 Å². The lowest BCUT2D eigenvalue weighted by molar-refractivity contribution is -0.178. The number of nitrogens with one attached hydrogen (secondary N) is 1. The number of benzene rings is 2. The van der Waals surface area contributed by atoms with Crippen molar-refractivity contribution in [3.05, 3.63) is 64.8 Å². The summed E-state index contributed by atoms with van der Waals surface area (Å²) in [6, 6.07) is 6.05. The van der Waals surface area contributed by atoms with Crippen LogP contribution in [0.25, 0.3) is 10.9 Å². The van der Waals surface area contributed by atoms with Crippen LogP contribution in [-0.4, -0.2) is 65.3 Å². The number of piperazine rings is 1. The first kappa shape index (κ1) is 23.1. The number of carboxylic acid groups (broad SMARTS) is 1. The maximum absolute atomic E-state index is 14.2. The zero-order valence-electron chi connectivity index (χ0n) is 18.4. The maximum Gasteiger partial charge on any atom is 0.335 e. The standard InChI is InChI=1S/C24H26F3N3O3/c1-15-11-21(33-2)19(18-7-8-28-22(15)18)12-29-9-10-30(24(26,27)14-25)13-20(29)16-3-5-17(6-4-16)23(31)32/h3-8,11,20,28H,9-10,12-14H2,1-2H3,(H,31,32). The molecule has 0 radical (unpaired) electrons. The third-order valence-electron chi connectivity index (χ3n) is 6.35. The average molecular weight is 461 g/mol. The number of hydrogen-bond donors (Lipinski definition) is 2. The van der Waals surface area contributed by atoms with Gasteiger partial charge in [0, 0.05) is 54.9 Å². The van der Waals surface area contributed by atoms with Crippen LogP contribution in [0.1, 0.15) is 33.1 Å². The third kappa shape index (κ3) is 4.43. The van der Waals surface area contributed by atoms with Gasteiger partial charge in [0.25, 0.3) is 0 Å². The summed E-state index contributed by atoms with van der Waals surface area (Å²) in [5.74, 6) is -0.358. The molecule has 0 bridgehead atoms. The Labute approximate surface area is 189 Å². The van der Waals surface area contributed by atoms with Crippen LogP contribution < -0.4 is 4.74 Å². The molecule has 1 aliphatic heterocycles. The lowest BCUT2D eigenvalue weighted by Crippen LogP contribution is -2.55. The Kier molecular flexibility index (Phi) is 6.36. The fourth-order valence-corrected chi connectivity index (χ4v) is 4.54. The molecule has 1 aromatic heterocycles. The summed E-state index contributed by atoms with van der Waals surface area (Å²) < 4.78 is 47.1. The molecular weight excluding hydrogens is 435 g/mol. The van der Waals surface area contributed by atoms with Gasteiger partial charge < -0.3 is 14.8 Å². The van der Waals surface area contributed by atoms with Crippen molar-refractivity contribution in [3.8, 4) is 5.75 Å². The van der Waals surface area contributed by atoms with Crippen LogP contribution in [0.3, 0.4) is 0 Å². The summed E-state index contributed by atoms with van der Waals surface area (Å²) in [4.78, 5) is 17.4. The van der Waals surface area contributed by atoms with E-state index in [2.05, 4.69) is 9.88 Å². The maximum atomic E-state index is 14.2. The minimum atomic E-state index is -3.55. The van der Waals surface area contributed by atoms with E-state index < -0.39 is 24.7 Å². The van der Waals surface area contributed by atoms with E-state index >= 15 is 0 Å². The molecule has 0 saturated carbocycles. The number of alkyl halides is 3. The van der Waals surface area contributed by atoms with Gasteiger partial charge in [0.2, 0.25) is 0 Å². The minimum Gasteiger partial charge on any atom is -0.496 e. The number of nitrogens with zero attached hydrogens (tertiary/aromatic N) is 2. The van der Waals surface area contributed by atoms with Gasteiger partial charge in [-0.1, -0.05) is 12.1 Å². The molecule has 176 valence electrons. The van der Waals surface area contributed by atoms with Crippen LogP contribution in [0.2, 0.25) is 0 Å². The fourth-order valence-electron chi connectivity index (χ4n) is 4.54. The number of aryl methyl sites for hydroxylation is 1. The van der Waals surface area contributed by atoms with Crippen molar-refractivity contribution in [2.24, 2.45) is 0 Å². The summed E-state index contributed by atoms with van der Waals surface area (Å²) in [7, 11) is 1.60. The van der Waals surface area contributed by atoms with Gasteiger partial charge in [-0.25, -0.2) is 14.1 Å². The van der Waals surface area contributed by atoms with Crippen molar-refractivity contribution < 1.29 is 27.8 Å². The third-order valence-corrected chi connectivity index (χ3v) is 6.35. The number of fused-ring (bicyclic) bond motifs is 1. The Morgan fingerprint density at radius 3 is 2.61 bits per heavy atom. The number of aromatic carboxylic acids is 1. The highest BCUT2D eigenvalue weighted by Gasteiger charge is 2.42. The van der Waals surface area contributed by atoms with Gasteiger partial charge in [-0.05, 0) is 42.3 Å². The van der Waals surface area contributed by atoms with Gasteiger partial charge in [0.15, 0.2) is 6.67 Å². The Hall–Kier alpha value is -3.04. The quantitative estimate of drug-likeness (QED) is 0.503. The number of aromatic amines is 1. The van der Waals surface area contributed by atoms with Crippen LogP contribution in [-0.2, 0) is 6.54 Å². The van der Waals surface area contributed by atoms with Gasteiger partial charge in [0.05, 0.1) is 12.7 Å². The molecule has 3 aromatic rings. The van der Waals surface area contributed by atoms with Gasteiger partial charge >= 0.3 is 12.0 Å². The first-order valence-corrected chi connectivity index (χ1v) is 10.6. The Balaban J connectivity index is 1.72. The smallest absolute Gasteiger partial charge is 0.335 e. The molecule has 2 aromatic carbocycles. The number of aromatic nitrogens is 1. The van der Waals surface area contributed by atoms with E-state index in [9.17, 15) is 23.1 Å². The molecule has 4 rings (SSSR count). The predicted octanol–water partition coefficient (Wildman–Crippen LogP) is 4.60. The van der Waals surface area contributed by atoms with Crippen molar-refractivity contribution in [2.45, 2.75) is 25.6 Å². The molecule has 33 heavy (non-hydrogen) atoms. The predicted molar refractivity (Wildman–Crippen MR) is 119 cm³/mol. The number of hydrogen-bond acceptors (Lipinski definition) is 4. The molecule has 0 amide bonds. The molecule has 1 atom stereocenters. The molecule has 0 aliphatic carbocycles. The molecule has 2 N–H and O–H groups in total. The molecule has 9 heteroatoms. The normalized spacial score (nSPS) is 18.0. The van der Waals surface area contributed by atoms with Crippen LogP contribution in [0.4, 0.5) is 13.2 Å². The number of methoxy groups -OCH3 is 1. The van der Waals surface area contributed by atoms with E-state index in [0.29, 0.717) is 17.9 Å². The zero-order valence-corrected chi connectivity index (χ0v) is 18.4.